The highest BCUT2D eigenvalue weighted by atomic mass is 16.5. The summed E-state index contributed by atoms with van der Waals surface area (Å²) in [6.07, 6.45) is 4.98. The summed E-state index contributed by atoms with van der Waals surface area (Å²) < 4.78 is 10.4. The van der Waals surface area contributed by atoms with Gasteiger partial charge in [-0.15, -0.1) is 0 Å². The zero-order chi connectivity index (χ0) is 23.2. The van der Waals surface area contributed by atoms with Crippen LogP contribution in [0, 0.1) is 11.8 Å². The topological polar surface area (TPSA) is 84.9 Å². The fraction of sp³-hybridized carbons (Fsp3) is 0.520. The van der Waals surface area contributed by atoms with Crippen molar-refractivity contribution in [2.24, 2.45) is 11.8 Å². The second-order valence-corrected chi connectivity index (χ2v) is 8.65. The van der Waals surface area contributed by atoms with Gasteiger partial charge in [0.05, 0.1) is 31.2 Å². The van der Waals surface area contributed by atoms with Crippen LogP contribution in [0.25, 0.3) is 11.3 Å². The molecule has 2 atom stereocenters. The number of ether oxygens (including phenoxy) is 2. The summed E-state index contributed by atoms with van der Waals surface area (Å²) in [4.78, 5) is 38.4. The van der Waals surface area contributed by atoms with Crippen LogP contribution in [-0.4, -0.2) is 66.6 Å². The third-order valence-corrected chi connectivity index (χ3v) is 6.49. The minimum absolute atomic E-state index is 0.0981. The molecule has 3 heterocycles. The van der Waals surface area contributed by atoms with Crippen molar-refractivity contribution in [2.45, 2.75) is 32.6 Å². The lowest BCUT2D eigenvalue weighted by Crippen LogP contribution is -2.49. The highest BCUT2D eigenvalue weighted by Gasteiger charge is 2.34. The minimum Gasteiger partial charge on any atom is -0.497 e. The molecule has 8 nitrogen and oxygen atoms in total. The molecule has 33 heavy (non-hydrogen) atoms. The Balaban J connectivity index is 1.43. The Labute approximate surface area is 194 Å². The van der Waals surface area contributed by atoms with Crippen molar-refractivity contribution in [3.05, 3.63) is 36.7 Å². The molecule has 2 unspecified atom stereocenters. The number of carbonyl (C=O) groups excluding carboxylic acids is 2. The van der Waals surface area contributed by atoms with Gasteiger partial charge < -0.3 is 19.3 Å². The molecule has 0 bridgehead atoms. The number of aromatic nitrogens is 2. The minimum atomic E-state index is -0.212. The van der Waals surface area contributed by atoms with Gasteiger partial charge in [0.15, 0.2) is 0 Å². The first-order chi connectivity index (χ1) is 16.1. The van der Waals surface area contributed by atoms with Gasteiger partial charge in [0, 0.05) is 37.8 Å². The molecule has 0 N–H and O–H groups in total. The maximum Gasteiger partial charge on any atom is 0.310 e. The quantitative estimate of drug-likeness (QED) is 0.623. The molecule has 2 aromatic rings. The summed E-state index contributed by atoms with van der Waals surface area (Å²) in [7, 11) is 1.65. The molecule has 1 aromatic heterocycles. The molecule has 2 aliphatic heterocycles. The molecule has 176 valence electrons. The van der Waals surface area contributed by atoms with E-state index in [0.717, 1.165) is 55.1 Å². The normalized spacial score (nSPS) is 20.9. The number of hydrogen-bond acceptors (Lipinski definition) is 7. The molecule has 1 aromatic carbocycles. The Hall–Kier alpha value is -3.16. The van der Waals surface area contributed by atoms with Gasteiger partial charge in [-0.2, -0.15) is 0 Å². The number of carbonyl (C=O) groups is 2. The van der Waals surface area contributed by atoms with Crippen molar-refractivity contribution >= 4 is 17.7 Å². The zero-order valence-corrected chi connectivity index (χ0v) is 19.4. The molecule has 0 aliphatic carbocycles. The van der Waals surface area contributed by atoms with Crippen molar-refractivity contribution < 1.29 is 19.1 Å². The molecule has 8 heteroatoms. The Morgan fingerprint density at radius 3 is 2.55 bits per heavy atom. The van der Waals surface area contributed by atoms with Gasteiger partial charge in [-0.3, -0.25) is 9.59 Å². The lowest BCUT2D eigenvalue weighted by molar-refractivity contribution is -0.152. The van der Waals surface area contributed by atoms with E-state index in [1.807, 2.05) is 42.2 Å². The van der Waals surface area contributed by atoms with Gasteiger partial charge in [0.1, 0.15) is 17.9 Å². The third kappa shape index (κ3) is 5.43. The number of benzene rings is 1. The van der Waals surface area contributed by atoms with Gasteiger partial charge in [0.2, 0.25) is 5.91 Å². The number of anilines is 1. The van der Waals surface area contributed by atoms with Crippen molar-refractivity contribution in [3.8, 4) is 17.0 Å². The van der Waals surface area contributed by atoms with Crippen molar-refractivity contribution in [3.63, 3.8) is 0 Å². The molecule has 2 aliphatic rings. The SMILES string of the molecule is CCOC(=O)C1CCCN(C(=O)C2CCCN(c3cc(-c4ccc(OC)cc4)ncn3)C2)C1. The Morgan fingerprint density at radius 2 is 1.79 bits per heavy atom. The van der Waals surface area contributed by atoms with Gasteiger partial charge in [-0.1, -0.05) is 0 Å². The smallest absolute Gasteiger partial charge is 0.310 e. The van der Waals surface area contributed by atoms with E-state index in [9.17, 15) is 9.59 Å². The van der Waals surface area contributed by atoms with Crippen molar-refractivity contribution in [1.29, 1.82) is 0 Å². The number of esters is 1. The maximum absolute atomic E-state index is 13.3. The van der Waals surface area contributed by atoms with Gasteiger partial charge >= 0.3 is 5.97 Å². The first-order valence-corrected chi connectivity index (χ1v) is 11.8. The number of rotatable bonds is 6. The van der Waals surface area contributed by atoms with Gasteiger partial charge in [0.25, 0.3) is 0 Å². The average Bonchev–Trinajstić information content (AvgIpc) is 2.88. The van der Waals surface area contributed by atoms with Crippen LogP contribution in [0.2, 0.25) is 0 Å². The van der Waals surface area contributed by atoms with E-state index in [1.54, 1.807) is 13.4 Å². The Kier molecular flexibility index (Phi) is 7.42. The first kappa shape index (κ1) is 23.0. The van der Waals surface area contributed by atoms with Crippen LogP contribution in [0.3, 0.4) is 0 Å². The van der Waals surface area contributed by atoms with Crippen LogP contribution in [0.15, 0.2) is 36.7 Å². The molecule has 0 saturated carbocycles. The fourth-order valence-corrected chi connectivity index (χ4v) is 4.71. The standard InChI is InChI=1S/C25H32N4O4/c1-3-33-25(31)20-7-5-13-29(16-20)24(30)19-6-4-12-28(15-19)23-14-22(26-17-27-23)18-8-10-21(32-2)11-9-18/h8-11,14,17,19-20H,3-7,12-13,15-16H2,1-2H3. The number of hydrogen-bond donors (Lipinski definition) is 0. The van der Waals surface area contributed by atoms with Gasteiger partial charge in [-0.25, -0.2) is 9.97 Å². The number of nitrogens with zero attached hydrogens (tertiary/aromatic N) is 4. The summed E-state index contributed by atoms with van der Waals surface area (Å²) in [5.74, 6) is 1.27. The number of amides is 1. The lowest BCUT2D eigenvalue weighted by Gasteiger charge is -2.38. The van der Waals surface area contributed by atoms with E-state index in [1.165, 1.54) is 0 Å². The summed E-state index contributed by atoms with van der Waals surface area (Å²) in [5, 5.41) is 0. The van der Waals surface area contributed by atoms with E-state index in [2.05, 4.69) is 14.9 Å². The molecule has 2 fully saturated rings. The summed E-state index contributed by atoms with van der Waals surface area (Å²) >= 11 is 0. The van der Waals surface area contributed by atoms with Crippen molar-refractivity contribution in [2.75, 3.05) is 44.8 Å². The van der Waals surface area contributed by atoms with Crippen molar-refractivity contribution in [1.82, 2.24) is 14.9 Å². The molecular formula is C25H32N4O4. The van der Waals surface area contributed by atoms with Crippen LogP contribution in [-0.2, 0) is 14.3 Å². The summed E-state index contributed by atoms with van der Waals surface area (Å²) in [5.41, 5.74) is 1.83. The average molecular weight is 453 g/mol. The van der Waals surface area contributed by atoms with Crippen LogP contribution >= 0.6 is 0 Å². The second-order valence-electron chi connectivity index (χ2n) is 8.65. The third-order valence-electron chi connectivity index (χ3n) is 6.49. The number of likely N-dealkylation sites (tertiary alicyclic amines) is 1. The lowest BCUT2D eigenvalue weighted by atomic mass is 9.93. The van der Waals surface area contributed by atoms with E-state index >= 15 is 0 Å². The predicted molar refractivity (Wildman–Crippen MR) is 125 cm³/mol. The highest BCUT2D eigenvalue weighted by Crippen LogP contribution is 2.28. The first-order valence-electron chi connectivity index (χ1n) is 11.8. The van der Waals surface area contributed by atoms with Gasteiger partial charge in [-0.05, 0) is 56.9 Å². The number of piperidine rings is 2. The van der Waals surface area contributed by atoms with E-state index < -0.39 is 0 Å². The maximum atomic E-state index is 13.3. The largest absolute Gasteiger partial charge is 0.497 e. The fourth-order valence-electron chi connectivity index (χ4n) is 4.71. The monoisotopic (exact) mass is 452 g/mol. The van der Waals surface area contributed by atoms with Crippen LogP contribution in [0.1, 0.15) is 32.6 Å². The molecule has 4 rings (SSSR count). The number of methoxy groups -OCH3 is 1. The second kappa shape index (κ2) is 10.6. The van der Waals surface area contributed by atoms with Crippen LogP contribution in [0.4, 0.5) is 5.82 Å². The van der Waals surface area contributed by atoms with E-state index in [4.69, 9.17) is 9.47 Å². The van der Waals surface area contributed by atoms with Crippen LogP contribution < -0.4 is 9.64 Å². The van der Waals surface area contributed by atoms with E-state index in [0.29, 0.717) is 26.2 Å². The Morgan fingerprint density at radius 1 is 1.03 bits per heavy atom. The summed E-state index contributed by atoms with van der Waals surface area (Å²) in [6.45, 7) is 4.84. The molecule has 1 amide bonds. The molecule has 0 spiro atoms. The van der Waals surface area contributed by atoms with E-state index in [-0.39, 0.29) is 23.7 Å². The summed E-state index contributed by atoms with van der Waals surface area (Å²) in [6, 6.07) is 9.75. The van der Waals surface area contributed by atoms with Crippen LogP contribution in [0.5, 0.6) is 5.75 Å². The molecule has 2 saturated heterocycles. The Bertz CT molecular complexity index is 965. The molecular weight excluding hydrogens is 420 g/mol. The zero-order valence-electron chi connectivity index (χ0n) is 19.4. The predicted octanol–water partition coefficient (Wildman–Crippen LogP) is 3.17. The highest BCUT2D eigenvalue weighted by molar-refractivity contribution is 5.81. The molecule has 0 radical (unpaired) electrons.